The molecule has 100 valence electrons. The quantitative estimate of drug-likeness (QED) is 0.365. The minimum atomic E-state index is -0.445. The number of nitrogens with zero attached hydrogens (tertiary/aromatic N) is 1. The standard InChI is InChI=1S/C11H17N3O4/c1-18-7-5-13-10-3-2-9(12-4-6-15)8-11(10)14(16)17/h2-3,8,12-13,15H,4-7H2,1H3. The highest BCUT2D eigenvalue weighted by atomic mass is 16.6. The molecular formula is C11H17N3O4. The normalized spacial score (nSPS) is 10.1. The van der Waals surface area contributed by atoms with Crippen molar-refractivity contribution in [3.63, 3.8) is 0 Å². The van der Waals surface area contributed by atoms with Crippen LogP contribution in [0.15, 0.2) is 18.2 Å². The highest BCUT2D eigenvalue weighted by Gasteiger charge is 2.14. The van der Waals surface area contributed by atoms with Crippen LogP contribution in [0.25, 0.3) is 0 Å². The Morgan fingerprint density at radius 1 is 1.39 bits per heavy atom. The molecule has 0 bridgehead atoms. The number of hydrogen-bond acceptors (Lipinski definition) is 6. The number of ether oxygens (including phenoxy) is 1. The molecule has 7 heteroatoms. The second-order valence-corrected chi connectivity index (χ2v) is 3.56. The number of rotatable bonds is 8. The Labute approximate surface area is 105 Å². The van der Waals surface area contributed by atoms with E-state index in [0.29, 0.717) is 31.1 Å². The monoisotopic (exact) mass is 255 g/mol. The van der Waals surface area contributed by atoms with Crippen molar-refractivity contribution in [2.45, 2.75) is 0 Å². The van der Waals surface area contributed by atoms with Gasteiger partial charge in [0.1, 0.15) is 5.69 Å². The Bertz CT molecular complexity index is 398. The van der Waals surface area contributed by atoms with Gasteiger partial charge in [-0.3, -0.25) is 10.1 Å². The zero-order chi connectivity index (χ0) is 13.4. The van der Waals surface area contributed by atoms with Crippen molar-refractivity contribution in [2.75, 3.05) is 44.0 Å². The summed E-state index contributed by atoms with van der Waals surface area (Å²) in [6.45, 7) is 1.30. The lowest BCUT2D eigenvalue weighted by molar-refractivity contribution is -0.383. The van der Waals surface area contributed by atoms with Crippen molar-refractivity contribution in [1.29, 1.82) is 0 Å². The molecule has 1 aromatic carbocycles. The Morgan fingerprint density at radius 2 is 2.17 bits per heavy atom. The van der Waals surface area contributed by atoms with Crippen molar-refractivity contribution >= 4 is 17.1 Å². The molecule has 7 nitrogen and oxygen atoms in total. The molecule has 0 aliphatic heterocycles. The third-order valence-corrected chi connectivity index (χ3v) is 2.26. The first-order valence-electron chi connectivity index (χ1n) is 5.55. The van der Waals surface area contributed by atoms with E-state index in [1.165, 1.54) is 6.07 Å². The van der Waals surface area contributed by atoms with E-state index in [2.05, 4.69) is 10.6 Å². The molecule has 0 aliphatic rings. The van der Waals surface area contributed by atoms with Gasteiger partial charge < -0.3 is 20.5 Å². The van der Waals surface area contributed by atoms with Gasteiger partial charge in [0, 0.05) is 32.0 Å². The van der Waals surface area contributed by atoms with Gasteiger partial charge in [0.25, 0.3) is 5.69 Å². The van der Waals surface area contributed by atoms with Crippen molar-refractivity contribution in [1.82, 2.24) is 0 Å². The number of nitro groups is 1. The van der Waals surface area contributed by atoms with Gasteiger partial charge in [-0.2, -0.15) is 0 Å². The molecule has 3 N–H and O–H groups in total. The zero-order valence-corrected chi connectivity index (χ0v) is 10.2. The van der Waals surface area contributed by atoms with E-state index in [-0.39, 0.29) is 12.3 Å². The van der Waals surface area contributed by atoms with Gasteiger partial charge in [-0.25, -0.2) is 0 Å². The molecule has 0 heterocycles. The molecule has 0 aromatic heterocycles. The smallest absolute Gasteiger partial charge is 0.294 e. The summed E-state index contributed by atoms with van der Waals surface area (Å²) in [5.41, 5.74) is 1.05. The fourth-order valence-corrected chi connectivity index (χ4v) is 1.43. The van der Waals surface area contributed by atoms with Crippen molar-refractivity contribution < 1.29 is 14.8 Å². The van der Waals surface area contributed by atoms with Crippen LogP contribution >= 0.6 is 0 Å². The van der Waals surface area contributed by atoms with E-state index in [1.807, 2.05) is 0 Å². The summed E-state index contributed by atoms with van der Waals surface area (Å²) in [6.07, 6.45) is 0. The molecule has 0 atom stereocenters. The number of nitrogens with one attached hydrogen (secondary N) is 2. The Balaban J connectivity index is 2.80. The lowest BCUT2D eigenvalue weighted by atomic mass is 10.2. The summed E-state index contributed by atoms with van der Waals surface area (Å²) in [4.78, 5) is 10.5. The second kappa shape index (κ2) is 7.46. The summed E-state index contributed by atoms with van der Waals surface area (Å²) in [6, 6.07) is 4.79. The first-order valence-corrected chi connectivity index (χ1v) is 5.55. The van der Waals surface area contributed by atoms with Crippen LogP contribution in [0.4, 0.5) is 17.1 Å². The molecule has 0 unspecified atom stereocenters. The first-order chi connectivity index (χ1) is 8.69. The van der Waals surface area contributed by atoms with Crippen LogP contribution < -0.4 is 10.6 Å². The van der Waals surface area contributed by atoms with Crippen LogP contribution in [0, 0.1) is 10.1 Å². The van der Waals surface area contributed by atoms with Crippen molar-refractivity contribution in [2.24, 2.45) is 0 Å². The van der Waals surface area contributed by atoms with Gasteiger partial charge in [0.05, 0.1) is 18.1 Å². The molecule has 0 amide bonds. The predicted molar refractivity (Wildman–Crippen MR) is 69.0 cm³/mol. The molecule has 0 radical (unpaired) electrons. The Kier molecular flexibility index (Phi) is 5.89. The molecule has 0 aliphatic carbocycles. The van der Waals surface area contributed by atoms with E-state index >= 15 is 0 Å². The molecule has 0 saturated carbocycles. The lowest BCUT2D eigenvalue weighted by Gasteiger charge is -2.09. The maximum atomic E-state index is 10.9. The van der Waals surface area contributed by atoms with Gasteiger partial charge in [0.15, 0.2) is 0 Å². The maximum absolute atomic E-state index is 10.9. The van der Waals surface area contributed by atoms with Gasteiger partial charge in [0.2, 0.25) is 0 Å². The van der Waals surface area contributed by atoms with Crippen molar-refractivity contribution in [3.8, 4) is 0 Å². The summed E-state index contributed by atoms with van der Waals surface area (Å²) >= 11 is 0. The van der Waals surface area contributed by atoms with E-state index in [1.54, 1.807) is 19.2 Å². The average molecular weight is 255 g/mol. The van der Waals surface area contributed by atoms with E-state index in [9.17, 15) is 10.1 Å². The summed E-state index contributed by atoms with van der Waals surface area (Å²) in [5.74, 6) is 0. The van der Waals surface area contributed by atoms with Crippen LogP contribution in [0.1, 0.15) is 0 Å². The number of aliphatic hydroxyl groups is 1. The first kappa shape index (κ1) is 14.2. The number of hydrogen-bond donors (Lipinski definition) is 3. The molecule has 1 rings (SSSR count). The highest BCUT2D eigenvalue weighted by molar-refractivity contribution is 5.67. The molecule has 0 saturated heterocycles. The fourth-order valence-electron chi connectivity index (χ4n) is 1.43. The second-order valence-electron chi connectivity index (χ2n) is 3.56. The number of nitro benzene ring substituents is 1. The number of anilines is 2. The maximum Gasteiger partial charge on any atom is 0.294 e. The minimum absolute atomic E-state index is 0.00552. The minimum Gasteiger partial charge on any atom is -0.395 e. The largest absolute Gasteiger partial charge is 0.395 e. The van der Waals surface area contributed by atoms with E-state index in [4.69, 9.17) is 9.84 Å². The van der Waals surface area contributed by atoms with Gasteiger partial charge in [-0.1, -0.05) is 0 Å². The lowest BCUT2D eigenvalue weighted by Crippen LogP contribution is -2.10. The highest BCUT2D eigenvalue weighted by Crippen LogP contribution is 2.27. The van der Waals surface area contributed by atoms with Crippen LogP contribution in [0.5, 0.6) is 0 Å². The summed E-state index contributed by atoms with van der Waals surface area (Å²) in [7, 11) is 1.57. The van der Waals surface area contributed by atoms with Gasteiger partial charge >= 0.3 is 0 Å². The third kappa shape index (κ3) is 4.19. The summed E-state index contributed by atoms with van der Waals surface area (Å²) in [5, 5.41) is 25.4. The van der Waals surface area contributed by atoms with Crippen LogP contribution in [-0.2, 0) is 4.74 Å². The molecule has 0 spiro atoms. The van der Waals surface area contributed by atoms with Crippen LogP contribution in [-0.4, -0.2) is 43.4 Å². The van der Waals surface area contributed by atoms with Crippen LogP contribution in [0.3, 0.4) is 0 Å². The zero-order valence-electron chi connectivity index (χ0n) is 10.2. The number of aliphatic hydroxyl groups excluding tert-OH is 1. The van der Waals surface area contributed by atoms with E-state index < -0.39 is 4.92 Å². The average Bonchev–Trinajstić information content (AvgIpc) is 2.37. The molecule has 0 fully saturated rings. The Hall–Kier alpha value is -1.86. The third-order valence-electron chi connectivity index (χ3n) is 2.26. The molecule has 1 aromatic rings. The van der Waals surface area contributed by atoms with Gasteiger partial charge in [-0.05, 0) is 12.1 Å². The number of benzene rings is 1. The molecule has 18 heavy (non-hydrogen) atoms. The topological polar surface area (TPSA) is 96.7 Å². The van der Waals surface area contributed by atoms with Crippen molar-refractivity contribution in [3.05, 3.63) is 28.3 Å². The predicted octanol–water partition coefficient (Wildman–Crippen LogP) is 1.06. The molecular weight excluding hydrogens is 238 g/mol. The van der Waals surface area contributed by atoms with Crippen LogP contribution in [0.2, 0.25) is 0 Å². The fraction of sp³-hybridized carbons (Fsp3) is 0.455. The SMILES string of the molecule is COCCNc1ccc(NCCO)cc1[N+](=O)[O-]. The Morgan fingerprint density at radius 3 is 2.78 bits per heavy atom. The van der Waals surface area contributed by atoms with E-state index in [0.717, 1.165) is 0 Å². The summed E-state index contributed by atoms with van der Waals surface area (Å²) < 4.78 is 4.87. The number of methoxy groups -OCH3 is 1. The van der Waals surface area contributed by atoms with Gasteiger partial charge in [-0.15, -0.1) is 0 Å².